The summed E-state index contributed by atoms with van der Waals surface area (Å²) in [7, 11) is 1.36. The van der Waals surface area contributed by atoms with E-state index in [1.54, 1.807) is 0 Å². The molecule has 1 atom stereocenters. The summed E-state index contributed by atoms with van der Waals surface area (Å²) in [5, 5.41) is 3.31. The highest BCUT2D eigenvalue weighted by molar-refractivity contribution is 6.30. The van der Waals surface area contributed by atoms with Crippen LogP contribution in [0.5, 0.6) is 5.75 Å². The molecular formula is C13H17Cl2F3N2O. The molecule has 0 saturated carbocycles. The van der Waals surface area contributed by atoms with Crippen LogP contribution < -0.4 is 10.1 Å². The average molecular weight is 345 g/mol. The monoisotopic (exact) mass is 344 g/mol. The van der Waals surface area contributed by atoms with Crippen molar-refractivity contribution in [2.45, 2.75) is 12.2 Å². The lowest BCUT2D eigenvalue weighted by atomic mass is 10.0. The van der Waals surface area contributed by atoms with Crippen molar-refractivity contribution in [3.63, 3.8) is 0 Å². The second kappa shape index (κ2) is 7.54. The molecule has 2 rings (SSSR count). The number of hydrogen-bond donors (Lipinski definition) is 1. The van der Waals surface area contributed by atoms with Crippen LogP contribution in [0.25, 0.3) is 0 Å². The number of methoxy groups -OCH3 is 1. The third kappa shape index (κ3) is 4.39. The maximum Gasteiger partial charge on any atom is 0.408 e. The second-order valence-corrected chi connectivity index (χ2v) is 5.05. The fourth-order valence-electron chi connectivity index (χ4n) is 2.44. The van der Waals surface area contributed by atoms with Crippen molar-refractivity contribution in [3.8, 4) is 5.75 Å². The fraction of sp³-hybridized carbons (Fsp3) is 0.538. The van der Waals surface area contributed by atoms with Gasteiger partial charge < -0.3 is 10.1 Å². The van der Waals surface area contributed by atoms with E-state index < -0.39 is 12.2 Å². The summed E-state index contributed by atoms with van der Waals surface area (Å²) in [5.74, 6) is 0.204. The summed E-state index contributed by atoms with van der Waals surface area (Å²) in [4.78, 5) is 1.41. The summed E-state index contributed by atoms with van der Waals surface area (Å²) in [5.41, 5.74) is 0.0643. The van der Waals surface area contributed by atoms with Gasteiger partial charge in [-0.25, -0.2) is 0 Å². The Kier molecular flexibility index (Phi) is 6.59. The van der Waals surface area contributed by atoms with E-state index >= 15 is 0 Å². The lowest BCUT2D eigenvalue weighted by Gasteiger charge is -2.36. The quantitative estimate of drug-likeness (QED) is 0.910. The van der Waals surface area contributed by atoms with E-state index in [0.717, 1.165) is 0 Å². The Labute approximate surface area is 132 Å². The first-order chi connectivity index (χ1) is 9.43. The van der Waals surface area contributed by atoms with Gasteiger partial charge in [-0.2, -0.15) is 13.2 Å². The van der Waals surface area contributed by atoms with E-state index in [9.17, 15) is 13.2 Å². The van der Waals surface area contributed by atoms with Crippen LogP contribution in [0.4, 0.5) is 13.2 Å². The molecule has 0 bridgehead atoms. The highest BCUT2D eigenvalue weighted by atomic mass is 35.5. The van der Waals surface area contributed by atoms with Crippen molar-refractivity contribution in [2.75, 3.05) is 33.3 Å². The molecule has 1 heterocycles. The molecule has 0 radical (unpaired) electrons. The van der Waals surface area contributed by atoms with Crippen molar-refractivity contribution in [3.05, 3.63) is 28.8 Å². The van der Waals surface area contributed by atoms with Crippen LogP contribution >= 0.6 is 24.0 Å². The zero-order chi connectivity index (χ0) is 14.8. The molecule has 1 fully saturated rings. The van der Waals surface area contributed by atoms with Gasteiger partial charge >= 0.3 is 6.18 Å². The fourth-order valence-corrected chi connectivity index (χ4v) is 2.62. The van der Waals surface area contributed by atoms with Crippen LogP contribution in [0.3, 0.4) is 0 Å². The number of ether oxygens (including phenoxy) is 1. The Hall–Kier alpha value is -0.690. The predicted molar refractivity (Wildman–Crippen MR) is 78.5 cm³/mol. The smallest absolute Gasteiger partial charge is 0.408 e. The third-order valence-electron chi connectivity index (χ3n) is 3.31. The van der Waals surface area contributed by atoms with E-state index in [2.05, 4.69) is 5.32 Å². The number of alkyl halides is 3. The lowest BCUT2D eigenvalue weighted by molar-refractivity contribution is -0.188. The number of benzene rings is 1. The van der Waals surface area contributed by atoms with Gasteiger partial charge in [0.15, 0.2) is 0 Å². The normalized spacial score (nSPS) is 18.0. The highest BCUT2D eigenvalue weighted by Crippen LogP contribution is 2.42. The van der Waals surface area contributed by atoms with Crippen LogP contribution in [-0.4, -0.2) is 44.4 Å². The molecule has 0 amide bonds. The molecule has 1 aromatic rings. The van der Waals surface area contributed by atoms with Crippen LogP contribution in [0, 0.1) is 0 Å². The Morgan fingerprint density at radius 1 is 1.29 bits per heavy atom. The molecule has 21 heavy (non-hydrogen) atoms. The molecule has 0 spiro atoms. The largest absolute Gasteiger partial charge is 0.496 e. The first-order valence-corrected chi connectivity index (χ1v) is 6.66. The highest BCUT2D eigenvalue weighted by Gasteiger charge is 2.46. The van der Waals surface area contributed by atoms with Gasteiger partial charge in [0.2, 0.25) is 0 Å². The molecule has 0 unspecified atom stereocenters. The molecule has 3 nitrogen and oxygen atoms in total. The molecule has 0 aliphatic carbocycles. The summed E-state index contributed by atoms with van der Waals surface area (Å²) in [6.45, 7) is 1.74. The lowest BCUT2D eigenvalue weighted by Crippen LogP contribution is -2.49. The van der Waals surface area contributed by atoms with Crippen LogP contribution in [0.15, 0.2) is 18.2 Å². The molecular weight excluding hydrogens is 328 g/mol. The van der Waals surface area contributed by atoms with Gasteiger partial charge in [0.05, 0.1) is 7.11 Å². The summed E-state index contributed by atoms with van der Waals surface area (Å²) < 4.78 is 45.5. The minimum atomic E-state index is -4.38. The molecule has 120 valence electrons. The van der Waals surface area contributed by atoms with Crippen molar-refractivity contribution >= 4 is 24.0 Å². The zero-order valence-electron chi connectivity index (χ0n) is 11.4. The molecule has 0 aromatic heterocycles. The first-order valence-electron chi connectivity index (χ1n) is 6.28. The van der Waals surface area contributed by atoms with E-state index in [0.29, 0.717) is 26.2 Å². The molecule has 1 saturated heterocycles. The van der Waals surface area contributed by atoms with Gasteiger partial charge in [0.1, 0.15) is 11.8 Å². The molecule has 1 aliphatic heterocycles. The Morgan fingerprint density at radius 2 is 1.90 bits per heavy atom. The van der Waals surface area contributed by atoms with Crippen molar-refractivity contribution < 1.29 is 17.9 Å². The Bertz CT molecular complexity index is 465. The number of nitrogens with one attached hydrogen (secondary N) is 1. The van der Waals surface area contributed by atoms with E-state index in [4.69, 9.17) is 16.3 Å². The summed E-state index contributed by atoms with van der Waals surface area (Å²) >= 11 is 5.85. The number of nitrogens with zero attached hydrogens (tertiary/aromatic N) is 1. The first kappa shape index (κ1) is 18.4. The van der Waals surface area contributed by atoms with Gasteiger partial charge in [-0.05, 0) is 18.2 Å². The van der Waals surface area contributed by atoms with Gasteiger partial charge in [0, 0.05) is 36.8 Å². The van der Waals surface area contributed by atoms with Gasteiger partial charge in [0.25, 0.3) is 0 Å². The van der Waals surface area contributed by atoms with Crippen LogP contribution in [-0.2, 0) is 0 Å². The zero-order valence-corrected chi connectivity index (χ0v) is 13.0. The summed E-state index contributed by atoms with van der Waals surface area (Å²) in [6, 6.07) is 2.63. The Balaban J connectivity index is 0.00000220. The second-order valence-electron chi connectivity index (χ2n) is 4.62. The van der Waals surface area contributed by atoms with E-state index in [1.807, 2.05) is 0 Å². The summed E-state index contributed by atoms with van der Waals surface area (Å²) in [6.07, 6.45) is -4.38. The van der Waals surface area contributed by atoms with Crippen molar-refractivity contribution in [1.29, 1.82) is 0 Å². The van der Waals surface area contributed by atoms with Gasteiger partial charge in [-0.15, -0.1) is 12.4 Å². The standard InChI is InChI=1S/C13H16ClF3N2O.ClH/c1-20-11-3-2-9(14)8-10(11)12(13(15,16)17)19-6-4-18-5-7-19;/h2-3,8,12,18H,4-7H2,1H3;1H/t12-;/m1./s1. The van der Waals surface area contributed by atoms with Gasteiger partial charge in [-0.3, -0.25) is 4.90 Å². The van der Waals surface area contributed by atoms with E-state index in [1.165, 1.54) is 30.2 Å². The predicted octanol–water partition coefficient (Wildman–Crippen LogP) is 3.28. The van der Waals surface area contributed by atoms with Crippen molar-refractivity contribution in [2.24, 2.45) is 0 Å². The van der Waals surface area contributed by atoms with Crippen LogP contribution in [0.2, 0.25) is 5.02 Å². The molecule has 1 aliphatic rings. The molecule has 8 heteroatoms. The van der Waals surface area contributed by atoms with Crippen molar-refractivity contribution in [1.82, 2.24) is 10.2 Å². The minimum absolute atomic E-state index is 0. The Morgan fingerprint density at radius 3 is 2.43 bits per heavy atom. The number of halogens is 5. The van der Waals surface area contributed by atoms with Gasteiger partial charge in [-0.1, -0.05) is 11.6 Å². The average Bonchev–Trinajstić information content (AvgIpc) is 2.39. The SMILES string of the molecule is COc1ccc(Cl)cc1[C@@H](N1CCNCC1)C(F)(F)F.Cl. The third-order valence-corrected chi connectivity index (χ3v) is 3.55. The maximum absolute atomic E-state index is 13.5. The van der Waals surface area contributed by atoms with Crippen LogP contribution in [0.1, 0.15) is 11.6 Å². The molecule has 1 aromatic carbocycles. The number of rotatable bonds is 3. The maximum atomic E-state index is 13.5. The van der Waals surface area contributed by atoms with E-state index in [-0.39, 0.29) is 28.7 Å². The topological polar surface area (TPSA) is 24.5 Å². The number of piperazine rings is 1. The molecule has 1 N–H and O–H groups in total. The minimum Gasteiger partial charge on any atom is -0.496 e. The number of hydrogen-bond acceptors (Lipinski definition) is 3.